The number of ether oxygens (including phenoxy) is 1. The summed E-state index contributed by atoms with van der Waals surface area (Å²) in [6.45, 7) is 7.35. The van der Waals surface area contributed by atoms with E-state index in [-0.39, 0.29) is 12.1 Å². The summed E-state index contributed by atoms with van der Waals surface area (Å²) in [6.07, 6.45) is 1.30. The largest absolute Gasteiger partial charge is 0.376 e. The summed E-state index contributed by atoms with van der Waals surface area (Å²) >= 11 is 0. The van der Waals surface area contributed by atoms with Crippen molar-refractivity contribution in [3.63, 3.8) is 0 Å². The molecule has 3 N–H and O–H groups in total. The van der Waals surface area contributed by atoms with Crippen molar-refractivity contribution in [1.29, 1.82) is 0 Å². The summed E-state index contributed by atoms with van der Waals surface area (Å²) in [5, 5.41) is 0. The summed E-state index contributed by atoms with van der Waals surface area (Å²) in [4.78, 5) is 0. The molecule has 17 heavy (non-hydrogen) atoms. The minimum Gasteiger partial charge on any atom is -0.376 e. The second kappa shape index (κ2) is 5.17. The number of hydrazine groups is 1. The SMILES string of the molecule is Cc1cccc(C(NN)C2OCCC2C)c1C. The van der Waals surface area contributed by atoms with Crippen molar-refractivity contribution in [1.82, 2.24) is 5.43 Å². The number of hydrogen-bond acceptors (Lipinski definition) is 3. The van der Waals surface area contributed by atoms with Crippen molar-refractivity contribution < 1.29 is 4.74 Å². The first-order valence-corrected chi connectivity index (χ1v) is 6.29. The molecule has 0 amide bonds. The van der Waals surface area contributed by atoms with Crippen molar-refractivity contribution in [2.45, 2.75) is 39.3 Å². The molecular weight excluding hydrogens is 212 g/mol. The van der Waals surface area contributed by atoms with Crippen molar-refractivity contribution >= 4 is 0 Å². The zero-order valence-electron chi connectivity index (χ0n) is 10.9. The molecule has 1 saturated heterocycles. The Hall–Kier alpha value is -0.900. The van der Waals surface area contributed by atoms with Gasteiger partial charge in [-0.3, -0.25) is 11.3 Å². The molecule has 2 rings (SSSR count). The molecule has 1 aliphatic heterocycles. The second-order valence-electron chi connectivity index (χ2n) is 5.03. The summed E-state index contributed by atoms with van der Waals surface area (Å²) in [7, 11) is 0. The van der Waals surface area contributed by atoms with Gasteiger partial charge in [0, 0.05) is 6.61 Å². The van der Waals surface area contributed by atoms with Crippen LogP contribution in [0.3, 0.4) is 0 Å². The van der Waals surface area contributed by atoms with Gasteiger partial charge in [-0.15, -0.1) is 0 Å². The lowest BCUT2D eigenvalue weighted by Crippen LogP contribution is -2.39. The first-order valence-electron chi connectivity index (χ1n) is 6.29. The molecule has 1 aliphatic rings. The van der Waals surface area contributed by atoms with Gasteiger partial charge in [-0.1, -0.05) is 25.1 Å². The van der Waals surface area contributed by atoms with Gasteiger partial charge in [0.2, 0.25) is 0 Å². The molecule has 1 heterocycles. The Kier molecular flexibility index (Phi) is 3.82. The van der Waals surface area contributed by atoms with Gasteiger partial charge in [0.1, 0.15) is 0 Å². The van der Waals surface area contributed by atoms with Gasteiger partial charge in [-0.2, -0.15) is 0 Å². The molecule has 3 unspecified atom stereocenters. The maximum absolute atomic E-state index is 5.83. The first-order chi connectivity index (χ1) is 8.15. The van der Waals surface area contributed by atoms with E-state index in [2.05, 4.69) is 44.4 Å². The van der Waals surface area contributed by atoms with Crippen LogP contribution < -0.4 is 11.3 Å². The van der Waals surface area contributed by atoms with Crippen LogP contribution in [0.2, 0.25) is 0 Å². The Balaban J connectivity index is 2.31. The molecule has 3 nitrogen and oxygen atoms in total. The zero-order valence-corrected chi connectivity index (χ0v) is 10.9. The van der Waals surface area contributed by atoms with Crippen molar-refractivity contribution in [3.05, 3.63) is 34.9 Å². The maximum Gasteiger partial charge on any atom is 0.0809 e. The van der Waals surface area contributed by atoms with E-state index < -0.39 is 0 Å². The normalized spacial score (nSPS) is 26.1. The van der Waals surface area contributed by atoms with Crippen LogP contribution in [-0.2, 0) is 4.74 Å². The average Bonchev–Trinajstić information content (AvgIpc) is 2.72. The number of aryl methyl sites for hydroxylation is 1. The van der Waals surface area contributed by atoms with Gasteiger partial charge in [0.15, 0.2) is 0 Å². The Bertz CT molecular complexity index is 392. The van der Waals surface area contributed by atoms with Crippen LogP contribution in [0.15, 0.2) is 18.2 Å². The Labute approximate surface area is 103 Å². The highest BCUT2D eigenvalue weighted by molar-refractivity contribution is 5.36. The fourth-order valence-electron chi connectivity index (χ4n) is 2.62. The van der Waals surface area contributed by atoms with Gasteiger partial charge >= 0.3 is 0 Å². The summed E-state index contributed by atoms with van der Waals surface area (Å²) in [5.74, 6) is 6.29. The first kappa shape index (κ1) is 12.6. The van der Waals surface area contributed by atoms with E-state index in [0.29, 0.717) is 5.92 Å². The average molecular weight is 234 g/mol. The Morgan fingerprint density at radius 3 is 2.76 bits per heavy atom. The molecular formula is C14H22N2O. The van der Waals surface area contributed by atoms with E-state index in [4.69, 9.17) is 10.6 Å². The lowest BCUT2D eigenvalue weighted by molar-refractivity contribution is 0.0605. The molecule has 0 spiro atoms. The van der Waals surface area contributed by atoms with Crippen LogP contribution in [0, 0.1) is 19.8 Å². The third-order valence-corrected chi connectivity index (χ3v) is 3.93. The van der Waals surface area contributed by atoms with Crippen LogP contribution in [0.5, 0.6) is 0 Å². The van der Waals surface area contributed by atoms with Crippen LogP contribution in [0.25, 0.3) is 0 Å². The van der Waals surface area contributed by atoms with Crippen LogP contribution >= 0.6 is 0 Å². The molecule has 0 bridgehead atoms. The van der Waals surface area contributed by atoms with Crippen LogP contribution in [-0.4, -0.2) is 12.7 Å². The third kappa shape index (κ3) is 2.37. The molecule has 1 aromatic rings. The number of nitrogens with two attached hydrogens (primary N) is 1. The lowest BCUT2D eigenvalue weighted by Gasteiger charge is -2.27. The standard InChI is InChI=1S/C14H22N2O/c1-9-5-4-6-12(11(9)3)13(16-15)14-10(2)7-8-17-14/h4-6,10,13-14,16H,7-8,15H2,1-3H3. The summed E-state index contributed by atoms with van der Waals surface area (Å²) in [6, 6.07) is 6.45. The van der Waals surface area contributed by atoms with E-state index in [9.17, 15) is 0 Å². The summed E-state index contributed by atoms with van der Waals surface area (Å²) in [5.41, 5.74) is 6.79. The molecule has 3 atom stereocenters. The molecule has 1 fully saturated rings. The van der Waals surface area contributed by atoms with Crippen molar-refractivity contribution in [2.75, 3.05) is 6.61 Å². The van der Waals surface area contributed by atoms with E-state index in [1.165, 1.54) is 16.7 Å². The third-order valence-electron chi connectivity index (χ3n) is 3.93. The van der Waals surface area contributed by atoms with Gasteiger partial charge in [0.25, 0.3) is 0 Å². The maximum atomic E-state index is 5.83. The number of benzene rings is 1. The zero-order chi connectivity index (χ0) is 12.4. The molecule has 0 radical (unpaired) electrons. The van der Waals surface area contributed by atoms with Gasteiger partial charge in [-0.05, 0) is 42.9 Å². The van der Waals surface area contributed by atoms with E-state index >= 15 is 0 Å². The second-order valence-corrected chi connectivity index (χ2v) is 5.03. The quantitative estimate of drug-likeness (QED) is 0.623. The minimum absolute atomic E-state index is 0.0902. The van der Waals surface area contributed by atoms with Crippen LogP contribution in [0.4, 0.5) is 0 Å². The van der Waals surface area contributed by atoms with E-state index in [1.807, 2.05) is 0 Å². The topological polar surface area (TPSA) is 47.3 Å². The minimum atomic E-state index is 0.0902. The van der Waals surface area contributed by atoms with E-state index in [0.717, 1.165) is 13.0 Å². The summed E-state index contributed by atoms with van der Waals surface area (Å²) < 4.78 is 5.83. The molecule has 0 aromatic heterocycles. The smallest absolute Gasteiger partial charge is 0.0809 e. The van der Waals surface area contributed by atoms with Gasteiger partial charge in [0.05, 0.1) is 12.1 Å². The highest BCUT2D eigenvalue weighted by Gasteiger charge is 2.33. The number of nitrogens with one attached hydrogen (secondary N) is 1. The monoisotopic (exact) mass is 234 g/mol. The Morgan fingerprint density at radius 1 is 1.41 bits per heavy atom. The highest BCUT2D eigenvalue weighted by atomic mass is 16.5. The van der Waals surface area contributed by atoms with Crippen molar-refractivity contribution in [3.8, 4) is 0 Å². The predicted molar refractivity (Wildman–Crippen MR) is 69.5 cm³/mol. The highest BCUT2D eigenvalue weighted by Crippen LogP contribution is 2.32. The van der Waals surface area contributed by atoms with Crippen LogP contribution in [0.1, 0.15) is 36.1 Å². The fourth-order valence-corrected chi connectivity index (χ4v) is 2.62. The molecule has 0 aliphatic carbocycles. The predicted octanol–water partition coefficient (Wildman–Crippen LogP) is 2.23. The van der Waals surface area contributed by atoms with E-state index in [1.54, 1.807) is 0 Å². The van der Waals surface area contributed by atoms with Gasteiger partial charge in [-0.25, -0.2) is 0 Å². The fraction of sp³-hybridized carbons (Fsp3) is 0.571. The number of rotatable bonds is 3. The molecule has 1 aromatic carbocycles. The molecule has 0 saturated carbocycles. The lowest BCUT2D eigenvalue weighted by atomic mass is 9.89. The van der Waals surface area contributed by atoms with Crippen molar-refractivity contribution in [2.24, 2.45) is 11.8 Å². The molecule has 3 heteroatoms. The Morgan fingerprint density at radius 2 is 2.18 bits per heavy atom. The number of hydrogen-bond donors (Lipinski definition) is 2. The van der Waals surface area contributed by atoms with Gasteiger partial charge < -0.3 is 4.74 Å². The molecule has 94 valence electrons.